The Labute approximate surface area is 99.2 Å². The van der Waals surface area contributed by atoms with E-state index in [1.54, 1.807) is 0 Å². The van der Waals surface area contributed by atoms with Crippen molar-refractivity contribution in [3.05, 3.63) is 0 Å². The van der Waals surface area contributed by atoms with Gasteiger partial charge in [-0.05, 0) is 12.8 Å². The molecule has 0 radical (unpaired) electrons. The zero-order valence-corrected chi connectivity index (χ0v) is 10.7. The van der Waals surface area contributed by atoms with Gasteiger partial charge < -0.3 is 9.84 Å². The topological polar surface area (TPSA) is 46.5 Å². The van der Waals surface area contributed by atoms with Crippen molar-refractivity contribution >= 4 is 5.97 Å². The molecule has 0 aromatic rings. The highest BCUT2D eigenvalue weighted by Crippen LogP contribution is 2.17. The second kappa shape index (κ2) is 10.9. The molecule has 3 nitrogen and oxygen atoms in total. The molecule has 0 saturated heterocycles. The minimum Gasteiger partial charge on any atom is -0.465 e. The molecule has 96 valence electrons. The molecule has 0 bridgehead atoms. The van der Waals surface area contributed by atoms with E-state index in [9.17, 15) is 4.79 Å². The van der Waals surface area contributed by atoms with Gasteiger partial charge in [-0.3, -0.25) is 4.79 Å². The molecule has 0 spiro atoms. The highest BCUT2D eigenvalue weighted by atomic mass is 16.5. The van der Waals surface area contributed by atoms with Gasteiger partial charge in [0.1, 0.15) is 0 Å². The van der Waals surface area contributed by atoms with Crippen LogP contribution < -0.4 is 0 Å². The quantitative estimate of drug-likeness (QED) is 0.463. The Hall–Kier alpha value is -0.570. The normalized spacial score (nSPS) is 10.8. The van der Waals surface area contributed by atoms with Crippen LogP contribution >= 0.6 is 0 Å². The number of hydrogen-bond acceptors (Lipinski definition) is 3. The third-order valence-electron chi connectivity index (χ3n) is 2.69. The zero-order chi connectivity index (χ0) is 12.2. The summed E-state index contributed by atoms with van der Waals surface area (Å²) in [5, 5.41) is 8.61. The van der Waals surface area contributed by atoms with Crippen molar-refractivity contribution in [2.75, 3.05) is 13.2 Å². The summed E-state index contributed by atoms with van der Waals surface area (Å²) in [4.78, 5) is 11.7. The molecule has 0 aliphatic heterocycles. The molecule has 0 aromatic carbocycles. The number of ether oxygens (including phenoxy) is 1. The third kappa shape index (κ3) is 7.69. The van der Waals surface area contributed by atoms with Gasteiger partial charge in [0.15, 0.2) is 0 Å². The lowest BCUT2D eigenvalue weighted by atomic mass is 9.96. The minimum absolute atomic E-state index is 0.0681. The van der Waals surface area contributed by atoms with Crippen LogP contribution in [0.15, 0.2) is 0 Å². The Morgan fingerprint density at radius 3 is 2.12 bits per heavy atom. The van der Waals surface area contributed by atoms with Gasteiger partial charge in [-0.25, -0.2) is 0 Å². The average Bonchev–Trinajstić information content (AvgIpc) is 2.29. The molecule has 1 N–H and O–H groups in total. The van der Waals surface area contributed by atoms with E-state index in [4.69, 9.17) is 9.84 Å². The SMILES string of the molecule is CCCCC(CCCC)C(=O)OCCCO. The van der Waals surface area contributed by atoms with Crippen molar-refractivity contribution in [2.24, 2.45) is 5.92 Å². The van der Waals surface area contributed by atoms with Crippen LogP contribution in [-0.2, 0) is 9.53 Å². The molecule has 0 aliphatic carbocycles. The Balaban J connectivity index is 3.88. The minimum atomic E-state index is -0.0737. The largest absolute Gasteiger partial charge is 0.465 e. The molecule has 0 aromatic heterocycles. The molecule has 0 amide bonds. The molecule has 0 aliphatic rings. The maximum Gasteiger partial charge on any atom is 0.308 e. The van der Waals surface area contributed by atoms with E-state index in [1.165, 1.54) is 0 Å². The van der Waals surface area contributed by atoms with Crippen LogP contribution in [-0.4, -0.2) is 24.3 Å². The maximum absolute atomic E-state index is 11.7. The van der Waals surface area contributed by atoms with Gasteiger partial charge in [0.05, 0.1) is 12.5 Å². The smallest absolute Gasteiger partial charge is 0.308 e. The van der Waals surface area contributed by atoms with Crippen LogP contribution in [0.5, 0.6) is 0 Å². The highest BCUT2D eigenvalue weighted by molar-refractivity contribution is 5.72. The van der Waals surface area contributed by atoms with Crippen LogP contribution in [0.3, 0.4) is 0 Å². The molecule has 0 saturated carbocycles. The summed E-state index contributed by atoms with van der Waals surface area (Å²) in [5.41, 5.74) is 0. The van der Waals surface area contributed by atoms with Crippen LogP contribution in [0, 0.1) is 5.92 Å². The van der Waals surface area contributed by atoms with Crippen molar-refractivity contribution < 1.29 is 14.6 Å². The number of aliphatic hydroxyl groups excluding tert-OH is 1. The summed E-state index contributed by atoms with van der Waals surface area (Å²) in [7, 11) is 0. The van der Waals surface area contributed by atoms with Gasteiger partial charge in [0.25, 0.3) is 0 Å². The lowest BCUT2D eigenvalue weighted by Gasteiger charge is -2.15. The number of esters is 1. The van der Waals surface area contributed by atoms with Crippen molar-refractivity contribution in [3.63, 3.8) is 0 Å². The summed E-state index contributed by atoms with van der Waals surface area (Å²) in [6, 6.07) is 0. The lowest BCUT2D eigenvalue weighted by molar-refractivity contribution is -0.149. The van der Waals surface area contributed by atoms with Gasteiger partial charge >= 0.3 is 5.97 Å². The van der Waals surface area contributed by atoms with E-state index in [1.807, 2.05) is 0 Å². The first-order valence-electron chi connectivity index (χ1n) is 6.53. The predicted molar refractivity (Wildman–Crippen MR) is 65.2 cm³/mol. The average molecular weight is 230 g/mol. The molecular weight excluding hydrogens is 204 g/mol. The van der Waals surface area contributed by atoms with Crippen LogP contribution in [0.4, 0.5) is 0 Å². The molecule has 0 heterocycles. The van der Waals surface area contributed by atoms with E-state index in [0.717, 1.165) is 38.5 Å². The van der Waals surface area contributed by atoms with E-state index in [-0.39, 0.29) is 18.5 Å². The summed E-state index contributed by atoms with van der Waals surface area (Å²) in [5.74, 6) is -0.00561. The Morgan fingerprint density at radius 1 is 1.12 bits per heavy atom. The van der Waals surface area contributed by atoms with Crippen LogP contribution in [0.2, 0.25) is 0 Å². The summed E-state index contributed by atoms with van der Waals surface area (Å²) in [6.45, 7) is 4.70. The fourth-order valence-electron chi connectivity index (χ4n) is 1.64. The monoisotopic (exact) mass is 230 g/mol. The van der Waals surface area contributed by atoms with Crippen molar-refractivity contribution in [3.8, 4) is 0 Å². The predicted octanol–water partition coefficient (Wildman–Crippen LogP) is 2.91. The first-order valence-corrected chi connectivity index (χ1v) is 6.53. The summed E-state index contributed by atoms with van der Waals surface area (Å²) < 4.78 is 5.14. The molecule has 0 unspecified atom stereocenters. The van der Waals surface area contributed by atoms with Crippen LogP contribution in [0.25, 0.3) is 0 Å². The van der Waals surface area contributed by atoms with Crippen molar-refractivity contribution in [1.82, 2.24) is 0 Å². The number of carbonyl (C=O) groups is 1. The molecule has 0 rings (SSSR count). The standard InChI is InChI=1S/C13H26O3/c1-3-5-8-12(9-6-4-2)13(15)16-11-7-10-14/h12,14H,3-11H2,1-2H3. The van der Waals surface area contributed by atoms with E-state index >= 15 is 0 Å². The fourth-order valence-corrected chi connectivity index (χ4v) is 1.64. The van der Waals surface area contributed by atoms with Gasteiger partial charge in [0, 0.05) is 13.0 Å². The summed E-state index contributed by atoms with van der Waals surface area (Å²) >= 11 is 0. The lowest BCUT2D eigenvalue weighted by Crippen LogP contribution is -2.19. The molecule has 16 heavy (non-hydrogen) atoms. The Morgan fingerprint density at radius 2 is 1.69 bits per heavy atom. The second-order valence-electron chi connectivity index (χ2n) is 4.23. The van der Waals surface area contributed by atoms with Gasteiger partial charge in [0.2, 0.25) is 0 Å². The van der Waals surface area contributed by atoms with Gasteiger partial charge in [-0.15, -0.1) is 0 Å². The maximum atomic E-state index is 11.7. The number of rotatable bonds is 10. The molecule has 0 fully saturated rings. The third-order valence-corrected chi connectivity index (χ3v) is 2.69. The van der Waals surface area contributed by atoms with E-state index < -0.39 is 0 Å². The van der Waals surface area contributed by atoms with Crippen molar-refractivity contribution in [1.29, 1.82) is 0 Å². The fraction of sp³-hybridized carbons (Fsp3) is 0.923. The Bertz CT molecular complexity index is 161. The zero-order valence-electron chi connectivity index (χ0n) is 10.7. The second-order valence-corrected chi connectivity index (χ2v) is 4.23. The van der Waals surface area contributed by atoms with Crippen molar-refractivity contribution in [2.45, 2.75) is 58.8 Å². The van der Waals surface area contributed by atoms with Gasteiger partial charge in [-0.1, -0.05) is 39.5 Å². The van der Waals surface area contributed by atoms with Gasteiger partial charge in [-0.2, -0.15) is 0 Å². The first-order chi connectivity index (χ1) is 7.76. The number of unbranched alkanes of at least 4 members (excludes halogenated alkanes) is 2. The first kappa shape index (κ1) is 15.4. The highest BCUT2D eigenvalue weighted by Gasteiger charge is 2.18. The Kier molecular flexibility index (Phi) is 10.5. The number of hydrogen-bond donors (Lipinski definition) is 1. The molecular formula is C13H26O3. The van der Waals surface area contributed by atoms with Crippen LogP contribution in [0.1, 0.15) is 58.8 Å². The molecule has 0 atom stereocenters. The van der Waals surface area contributed by atoms with E-state index in [0.29, 0.717) is 13.0 Å². The van der Waals surface area contributed by atoms with E-state index in [2.05, 4.69) is 13.8 Å². The number of aliphatic hydroxyl groups is 1. The summed E-state index contributed by atoms with van der Waals surface area (Å²) in [6.07, 6.45) is 6.83. The number of carbonyl (C=O) groups excluding carboxylic acids is 1. The molecule has 3 heteroatoms.